The van der Waals surface area contributed by atoms with E-state index in [4.69, 9.17) is 9.47 Å². The summed E-state index contributed by atoms with van der Waals surface area (Å²) >= 11 is 1.40. The number of nitrogens with zero attached hydrogens (tertiary/aromatic N) is 3. The molecule has 0 atom stereocenters. The van der Waals surface area contributed by atoms with Crippen molar-refractivity contribution >= 4 is 17.2 Å². The van der Waals surface area contributed by atoms with Gasteiger partial charge >= 0.3 is 0 Å². The third-order valence-corrected chi connectivity index (χ3v) is 4.91. The molecule has 120 valence electrons. The van der Waals surface area contributed by atoms with E-state index in [9.17, 15) is 4.79 Å². The van der Waals surface area contributed by atoms with E-state index in [2.05, 4.69) is 16.0 Å². The molecule has 2 aromatic rings. The number of fused-ring (bicyclic) bond motifs is 1. The van der Waals surface area contributed by atoms with Crippen molar-refractivity contribution in [3.05, 3.63) is 40.3 Å². The quantitative estimate of drug-likeness (QED) is 0.859. The minimum atomic E-state index is 0.0928. The smallest absolute Gasteiger partial charge is 0.265 e. The number of hydrogen-bond acceptors (Lipinski definition) is 6. The summed E-state index contributed by atoms with van der Waals surface area (Å²) in [6.45, 7) is 4.41. The molecule has 7 heteroatoms. The van der Waals surface area contributed by atoms with E-state index >= 15 is 0 Å². The van der Waals surface area contributed by atoms with E-state index in [0.29, 0.717) is 11.7 Å². The van der Waals surface area contributed by atoms with Crippen molar-refractivity contribution in [2.75, 3.05) is 33.0 Å². The molecule has 0 saturated carbocycles. The van der Waals surface area contributed by atoms with E-state index in [1.54, 1.807) is 11.7 Å². The first kappa shape index (κ1) is 14.5. The van der Waals surface area contributed by atoms with Gasteiger partial charge in [-0.1, -0.05) is 6.07 Å². The van der Waals surface area contributed by atoms with Crippen LogP contribution in [0.5, 0.6) is 11.5 Å². The summed E-state index contributed by atoms with van der Waals surface area (Å²) in [7, 11) is 0. The molecule has 1 amide bonds. The van der Waals surface area contributed by atoms with Crippen molar-refractivity contribution in [1.82, 2.24) is 14.8 Å². The zero-order chi connectivity index (χ0) is 15.6. The van der Waals surface area contributed by atoms with Crippen molar-refractivity contribution in [1.29, 1.82) is 0 Å². The number of ether oxygens (including phenoxy) is 2. The second kappa shape index (κ2) is 6.17. The standard InChI is InChI=1S/C16H17N3O3S/c20-16(15-8-17-10-23-15)19-5-3-18(4-6-19)9-12-1-2-13-14(7-12)22-11-21-13/h1-2,7-8,10H,3-6,9,11H2. The molecule has 1 aromatic heterocycles. The van der Waals surface area contributed by atoms with Crippen molar-refractivity contribution in [3.63, 3.8) is 0 Å². The summed E-state index contributed by atoms with van der Waals surface area (Å²) in [6, 6.07) is 6.07. The summed E-state index contributed by atoms with van der Waals surface area (Å²) in [5.74, 6) is 1.73. The summed E-state index contributed by atoms with van der Waals surface area (Å²) in [5, 5.41) is 0. The number of carbonyl (C=O) groups excluding carboxylic acids is 1. The lowest BCUT2D eigenvalue weighted by Crippen LogP contribution is -2.48. The first-order valence-electron chi connectivity index (χ1n) is 7.58. The highest BCUT2D eigenvalue weighted by Crippen LogP contribution is 2.32. The topological polar surface area (TPSA) is 54.9 Å². The Balaban J connectivity index is 1.34. The molecule has 23 heavy (non-hydrogen) atoms. The van der Waals surface area contributed by atoms with Gasteiger partial charge in [-0.3, -0.25) is 14.7 Å². The van der Waals surface area contributed by atoms with Crippen LogP contribution < -0.4 is 9.47 Å². The SMILES string of the molecule is O=C(c1cncs1)N1CCN(Cc2ccc3c(c2)OCO3)CC1. The van der Waals surface area contributed by atoms with Crippen molar-refractivity contribution in [2.24, 2.45) is 0 Å². The second-order valence-corrected chi connectivity index (χ2v) is 6.51. The molecule has 0 radical (unpaired) electrons. The molecule has 0 spiro atoms. The average Bonchev–Trinajstić information content (AvgIpc) is 3.26. The molecule has 6 nitrogen and oxygen atoms in total. The maximum Gasteiger partial charge on any atom is 0.265 e. The summed E-state index contributed by atoms with van der Waals surface area (Å²) in [6.07, 6.45) is 1.64. The molecule has 1 saturated heterocycles. The number of thiazole rings is 1. The zero-order valence-electron chi connectivity index (χ0n) is 12.6. The summed E-state index contributed by atoms with van der Waals surface area (Å²) in [5.41, 5.74) is 2.90. The predicted octanol–water partition coefficient (Wildman–Crippen LogP) is 1.83. The summed E-state index contributed by atoms with van der Waals surface area (Å²) in [4.78, 5) is 21.3. The Hall–Kier alpha value is -2.12. The highest BCUT2D eigenvalue weighted by molar-refractivity contribution is 7.11. The Morgan fingerprint density at radius 2 is 2.00 bits per heavy atom. The molecule has 3 heterocycles. The Kier molecular flexibility index (Phi) is 3.88. The normalized spacial score (nSPS) is 17.5. The molecule has 1 fully saturated rings. The lowest BCUT2D eigenvalue weighted by Gasteiger charge is -2.34. The number of benzene rings is 1. The molecular weight excluding hydrogens is 314 g/mol. The van der Waals surface area contributed by atoms with Crippen molar-refractivity contribution in [3.8, 4) is 11.5 Å². The van der Waals surface area contributed by atoms with E-state index < -0.39 is 0 Å². The zero-order valence-corrected chi connectivity index (χ0v) is 13.4. The monoisotopic (exact) mass is 331 g/mol. The van der Waals surface area contributed by atoms with Crippen LogP contribution >= 0.6 is 11.3 Å². The van der Waals surface area contributed by atoms with Gasteiger partial charge in [-0.25, -0.2) is 0 Å². The fraction of sp³-hybridized carbons (Fsp3) is 0.375. The maximum atomic E-state index is 12.3. The van der Waals surface area contributed by atoms with Crippen LogP contribution in [0.2, 0.25) is 0 Å². The molecule has 2 aliphatic heterocycles. The van der Waals surface area contributed by atoms with Crippen LogP contribution in [0.25, 0.3) is 0 Å². The van der Waals surface area contributed by atoms with Gasteiger partial charge in [-0.2, -0.15) is 0 Å². The summed E-state index contributed by atoms with van der Waals surface area (Å²) < 4.78 is 10.8. The molecule has 0 unspecified atom stereocenters. The predicted molar refractivity (Wildman–Crippen MR) is 85.9 cm³/mol. The van der Waals surface area contributed by atoms with E-state index in [-0.39, 0.29) is 5.91 Å². The lowest BCUT2D eigenvalue weighted by molar-refractivity contribution is 0.0633. The second-order valence-electron chi connectivity index (χ2n) is 5.62. The number of piperazine rings is 1. The van der Waals surface area contributed by atoms with Crippen LogP contribution in [-0.4, -0.2) is 53.7 Å². The van der Waals surface area contributed by atoms with E-state index in [1.807, 2.05) is 17.0 Å². The number of hydrogen-bond donors (Lipinski definition) is 0. The van der Waals surface area contributed by atoms with Crippen LogP contribution in [0.15, 0.2) is 29.9 Å². The van der Waals surface area contributed by atoms with Crippen molar-refractivity contribution < 1.29 is 14.3 Å². The number of carbonyl (C=O) groups is 1. The highest BCUT2D eigenvalue weighted by Gasteiger charge is 2.23. The number of aromatic nitrogens is 1. The van der Waals surface area contributed by atoms with Gasteiger partial charge in [0.25, 0.3) is 5.91 Å². The molecule has 1 aromatic carbocycles. The van der Waals surface area contributed by atoms with Crippen LogP contribution in [0.4, 0.5) is 0 Å². The minimum absolute atomic E-state index is 0.0928. The fourth-order valence-corrected chi connectivity index (χ4v) is 3.47. The minimum Gasteiger partial charge on any atom is -0.454 e. The first-order valence-corrected chi connectivity index (χ1v) is 8.46. The van der Waals surface area contributed by atoms with Crippen LogP contribution in [-0.2, 0) is 6.54 Å². The van der Waals surface area contributed by atoms with Crippen molar-refractivity contribution in [2.45, 2.75) is 6.54 Å². The first-order chi connectivity index (χ1) is 11.3. The Bertz CT molecular complexity index is 697. The molecule has 0 N–H and O–H groups in total. The maximum absolute atomic E-state index is 12.3. The third-order valence-electron chi connectivity index (χ3n) is 4.15. The lowest BCUT2D eigenvalue weighted by atomic mass is 10.1. The molecule has 2 aliphatic rings. The van der Waals surface area contributed by atoms with Gasteiger partial charge in [-0.05, 0) is 17.7 Å². The van der Waals surface area contributed by atoms with Crippen LogP contribution in [0.1, 0.15) is 15.2 Å². The van der Waals surface area contributed by atoms with Gasteiger partial charge in [0.2, 0.25) is 6.79 Å². The van der Waals surface area contributed by atoms with Crippen LogP contribution in [0, 0.1) is 0 Å². The highest BCUT2D eigenvalue weighted by atomic mass is 32.1. The molecular formula is C16H17N3O3S. The molecule has 0 aliphatic carbocycles. The van der Waals surface area contributed by atoms with Gasteiger partial charge in [0.15, 0.2) is 11.5 Å². The molecule has 4 rings (SSSR count). The van der Waals surface area contributed by atoms with Crippen LogP contribution in [0.3, 0.4) is 0 Å². The fourth-order valence-electron chi connectivity index (χ4n) is 2.88. The van der Waals surface area contributed by atoms with E-state index in [0.717, 1.165) is 44.2 Å². The molecule has 0 bridgehead atoms. The Morgan fingerprint density at radius 1 is 1.17 bits per heavy atom. The van der Waals surface area contributed by atoms with Gasteiger partial charge < -0.3 is 14.4 Å². The number of amides is 1. The Labute approximate surface area is 138 Å². The van der Waals surface area contributed by atoms with Gasteiger partial charge in [-0.15, -0.1) is 11.3 Å². The Morgan fingerprint density at radius 3 is 2.78 bits per heavy atom. The number of rotatable bonds is 3. The third kappa shape index (κ3) is 3.02. The van der Waals surface area contributed by atoms with Gasteiger partial charge in [0, 0.05) is 32.7 Å². The largest absolute Gasteiger partial charge is 0.454 e. The average molecular weight is 331 g/mol. The van der Waals surface area contributed by atoms with Gasteiger partial charge in [0.05, 0.1) is 11.7 Å². The van der Waals surface area contributed by atoms with E-state index in [1.165, 1.54) is 16.9 Å². The van der Waals surface area contributed by atoms with Gasteiger partial charge in [0.1, 0.15) is 4.88 Å².